The van der Waals surface area contributed by atoms with Gasteiger partial charge in [0.2, 0.25) is 5.70 Å². The minimum atomic E-state index is -0.211. The van der Waals surface area contributed by atoms with Gasteiger partial charge in [0, 0.05) is 0 Å². The van der Waals surface area contributed by atoms with Crippen molar-refractivity contribution < 1.29 is 14.4 Å². The molecule has 0 spiro atoms. The number of allylic oxidation sites excluding steroid dienone is 1. The zero-order valence-corrected chi connectivity index (χ0v) is 13.4. The molecule has 4 rings (SSSR count). The second kappa shape index (κ2) is 6.01. The van der Waals surface area contributed by atoms with E-state index in [1.165, 1.54) is 6.21 Å². The molecule has 1 atom stereocenters. The molecule has 2 aromatic rings. The first-order chi connectivity index (χ1) is 12.2. The minimum Gasteiger partial charge on any atom is -0.489 e. The van der Waals surface area contributed by atoms with Crippen molar-refractivity contribution in [2.24, 2.45) is 15.8 Å². The van der Waals surface area contributed by atoms with E-state index in [0.29, 0.717) is 23.9 Å². The maximum absolute atomic E-state index is 10.1. The fourth-order valence-electron chi connectivity index (χ4n) is 2.83. The van der Waals surface area contributed by atoms with Gasteiger partial charge in [0.1, 0.15) is 18.6 Å². The molecule has 6 nitrogen and oxygen atoms in total. The molecule has 0 amide bonds. The van der Waals surface area contributed by atoms with Crippen LogP contribution in [0.3, 0.4) is 0 Å². The molecule has 0 aromatic heterocycles. The Morgan fingerprint density at radius 2 is 1.92 bits per heavy atom. The highest BCUT2D eigenvalue weighted by atomic mass is 16.5. The highest BCUT2D eigenvalue weighted by Crippen LogP contribution is 2.30. The topological polar surface area (TPSA) is 80.2 Å². The summed E-state index contributed by atoms with van der Waals surface area (Å²) < 4.78 is 5.65. The Labute approximate surface area is 145 Å². The first kappa shape index (κ1) is 15.3. The number of quaternary nitrogens is 1. The number of hydrogen-bond donors (Lipinski definition) is 2. The van der Waals surface area contributed by atoms with Crippen LogP contribution in [0, 0.1) is 0 Å². The van der Waals surface area contributed by atoms with E-state index in [9.17, 15) is 5.11 Å². The number of nitrogens with zero attached hydrogens (tertiary/aromatic N) is 3. The lowest BCUT2D eigenvalue weighted by Crippen LogP contribution is -2.53. The maximum atomic E-state index is 10.1. The van der Waals surface area contributed by atoms with Crippen molar-refractivity contribution in [3.8, 4) is 5.75 Å². The van der Waals surface area contributed by atoms with E-state index in [4.69, 9.17) is 10.6 Å². The van der Waals surface area contributed by atoms with Crippen molar-refractivity contribution in [1.82, 2.24) is 0 Å². The second-order valence-corrected chi connectivity index (χ2v) is 5.80. The van der Waals surface area contributed by atoms with E-state index in [0.717, 1.165) is 11.1 Å². The molecule has 2 aromatic carbocycles. The Bertz CT molecular complexity index is 931. The average molecular weight is 333 g/mol. The van der Waals surface area contributed by atoms with Gasteiger partial charge in [0.15, 0.2) is 0 Å². The van der Waals surface area contributed by atoms with Crippen molar-refractivity contribution in [2.75, 3.05) is 0 Å². The molecule has 25 heavy (non-hydrogen) atoms. The van der Waals surface area contributed by atoms with E-state index < -0.39 is 0 Å². The summed E-state index contributed by atoms with van der Waals surface area (Å²) in [6, 6.07) is 17.5. The summed E-state index contributed by atoms with van der Waals surface area (Å²) in [5.41, 5.74) is 2.30. The van der Waals surface area contributed by atoms with Gasteiger partial charge >= 0.3 is 0 Å². The van der Waals surface area contributed by atoms with Crippen LogP contribution < -0.4 is 10.6 Å². The summed E-state index contributed by atoms with van der Waals surface area (Å²) in [6.45, 7) is 0.473. The largest absolute Gasteiger partial charge is 0.489 e. The summed E-state index contributed by atoms with van der Waals surface area (Å²) in [5.74, 6) is 7.51. The first-order valence-corrected chi connectivity index (χ1v) is 7.85. The third-order valence-corrected chi connectivity index (χ3v) is 4.12. The third kappa shape index (κ3) is 2.73. The van der Waals surface area contributed by atoms with E-state index in [2.05, 4.69) is 9.98 Å². The Hall–Kier alpha value is -3.22. The number of aliphatic hydroxyl groups is 1. The Balaban J connectivity index is 1.59. The van der Waals surface area contributed by atoms with Crippen LogP contribution >= 0.6 is 0 Å². The van der Waals surface area contributed by atoms with E-state index in [1.807, 2.05) is 54.6 Å². The van der Waals surface area contributed by atoms with Crippen molar-refractivity contribution >= 4 is 12.1 Å². The van der Waals surface area contributed by atoms with Crippen LogP contribution in [-0.2, 0) is 6.61 Å². The molecule has 0 radical (unpaired) electrons. The number of aliphatic imine (C=N–C) groups is 2. The molecule has 124 valence electrons. The maximum Gasteiger partial charge on any atom is 0.284 e. The highest BCUT2D eigenvalue weighted by Gasteiger charge is 2.44. The first-order valence-electron chi connectivity index (χ1n) is 7.85. The molecule has 0 saturated heterocycles. The van der Waals surface area contributed by atoms with Gasteiger partial charge < -0.3 is 9.84 Å². The number of nitrogens with two attached hydrogens (primary N) is 1. The number of ether oxygens (including phenoxy) is 1. The van der Waals surface area contributed by atoms with Crippen LogP contribution in [0.25, 0.3) is 0 Å². The van der Waals surface area contributed by atoms with Crippen molar-refractivity contribution in [2.45, 2.75) is 6.61 Å². The van der Waals surface area contributed by atoms with E-state index >= 15 is 0 Å². The molecule has 0 fully saturated rings. The fraction of sp³-hybridized carbons (Fsp3) is 0.0526. The second-order valence-electron chi connectivity index (χ2n) is 5.80. The van der Waals surface area contributed by atoms with Crippen LogP contribution in [0.4, 0.5) is 0 Å². The van der Waals surface area contributed by atoms with Gasteiger partial charge in [0.25, 0.3) is 11.7 Å². The fourth-order valence-corrected chi connectivity index (χ4v) is 2.83. The summed E-state index contributed by atoms with van der Waals surface area (Å²) in [7, 11) is 0. The lowest BCUT2D eigenvalue weighted by molar-refractivity contribution is -0.751. The predicted molar refractivity (Wildman–Crippen MR) is 95.5 cm³/mol. The van der Waals surface area contributed by atoms with E-state index in [-0.39, 0.29) is 10.5 Å². The molecular formula is C19H17N4O2+. The van der Waals surface area contributed by atoms with Crippen LogP contribution in [0.1, 0.15) is 11.1 Å². The molecule has 2 heterocycles. The molecule has 1 unspecified atom stereocenters. The smallest absolute Gasteiger partial charge is 0.284 e. The zero-order valence-electron chi connectivity index (χ0n) is 13.4. The highest BCUT2D eigenvalue weighted by molar-refractivity contribution is 6.00. The van der Waals surface area contributed by atoms with Crippen molar-refractivity contribution in [3.05, 3.63) is 89.7 Å². The van der Waals surface area contributed by atoms with Crippen LogP contribution in [-0.4, -0.2) is 21.7 Å². The number of fused-ring (bicyclic) bond motifs is 1. The number of amidine groups is 1. The quantitative estimate of drug-likeness (QED) is 0.667. The van der Waals surface area contributed by atoms with Crippen LogP contribution in [0.5, 0.6) is 5.75 Å². The molecule has 2 aliphatic rings. The Morgan fingerprint density at radius 3 is 2.76 bits per heavy atom. The number of rotatable bonds is 4. The average Bonchev–Trinajstić information content (AvgIpc) is 2.92. The van der Waals surface area contributed by atoms with E-state index in [1.54, 1.807) is 12.4 Å². The number of aliphatic hydroxyl groups excluding tert-OH is 1. The van der Waals surface area contributed by atoms with Gasteiger partial charge in [-0.2, -0.15) is 10.8 Å². The molecular weight excluding hydrogens is 316 g/mol. The summed E-state index contributed by atoms with van der Waals surface area (Å²) >= 11 is 0. The molecule has 0 saturated carbocycles. The zero-order chi connectivity index (χ0) is 17.3. The van der Waals surface area contributed by atoms with Gasteiger partial charge in [-0.05, 0) is 23.8 Å². The number of benzene rings is 2. The van der Waals surface area contributed by atoms with Gasteiger partial charge in [-0.15, -0.1) is 4.59 Å². The summed E-state index contributed by atoms with van der Waals surface area (Å²) in [6.07, 6.45) is 4.78. The summed E-state index contributed by atoms with van der Waals surface area (Å²) in [4.78, 5) is 8.24. The Kier molecular flexibility index (Phi) is 3.68. The van der Waals surface area contributed by atoms with Crippen molar-refractivity contribution in [3.63, 3.8) is 0 Å². The van der Waals surface area contributed by atoms with Gasteiger partial charge in [-0.1, -0.05) is 36.4 Å². The molecule has 2 aliphatic heterocycles. The molecule has 0 bridgehead atoms. The van der Waals surface area contributed by atoms with Gasteiger partial charge in [-0.25, -0.2) is 0 Å². The van der Waals surface area contributed by atoms with Crippen LogP contribution in [0.2, 0.25) is 0 Å². The monoisotopic (exact) mass is 333 g/mol. The van der Waals surface area contributed by atoms with Gasteiger partial charge in [0.05, 0.1) is 18.0 Å². The molecule has 0 aliphatic carbocycles. The normalized spacial score (nSPS) is 21.2. The Morgan fingerprint density at radius 1 is 1.08 bits per heavy atom. The molecule has 6 heteroatoms. The predicted octanol–water partition coefficient (Wildman–Crippen LogP) is 3.00. The lowest BCUT2D eigenvalue weighted by Gasteiger charge is -2.25. The van der Waals surface area contributed by atoms with Crippen LogP contribution in [0.15, 0.2) is 88.6 Å². The van der Waals surface area contributed by atoms with Gasteiger partial charge in [-0.3, -0.25) is 4.99 Å². The SMILES string of the molecule is N[N+]12C=CN=CC1=C(O)N=C2c1cccc(OCc2ccccc2)c1. The summed E-state index contributed by atoms with van der Waals surface area (Å²) in [5, 5.41) is 10.1. The molecule has 3 N–H and O–H groups in total. The lowest BCUT2D eigenvalue weighted by atomic mass is 10.1. The minimum absolute atomic E-state index is 0.124. The van der Waals surface area contributed by atoms with Crippen molar-refractivity contribution in [1.29, 1.82) is 0 Å². The standard InChI is InChI=1S/C19H16N4O2/c20-23-10-9-21-12-17(23)19(24)22-18(23)15-7-4-8-16(11-15)25-13-14-5-2-1-3-6-14/h1-12H,13,20H2/p+1. The third-order valence-electron chi connectivity index (χ3n) is 4.12. The number of hydrogen-bond acceptors (Lipinski definition) is 5.